The highest BCUT2D eigenvalue weighted by atomic mass is 32.2. The number of nitrogens with one attached hydrogen (secondary N) is 2. The molecular weight excluding hydrogens is 290 g/mol. The molecule has 0 aliphatic rings. The normalized spacial score (nSPS) is 11.1. The Balaban J connectivity index is 2.05. The van der Waals surface area contributed by atoms with Crippen LogP contribution >= 0.6 is 0 Å². The summed E-state index contributed by atoms with van der Waals surface area (Å²) < 4.78 is 31.9. The molecule has 0 saturated carbocycles. The maximum atomic E-state index is 12.1. The van der Waals surface area contributed by atoms with Gasteiger partial charge in [-0.3, -0.25) is 5.84 Å². The van der Waals surface area contributed by atoms with Crippen LogP contribution in [0.5, 0.6) is 5.75 Å². The first-order valence-corrected chi connectivity index (χ1v) is 7.73. The van der Waals surface area contributed by atoms with E-state index in [1.165, 1.54) is 12.1 Å². The second kappa shape index (κ2) is 6.57. The van der Waals surface area contributed by atoms with Crippen LogP contribution in [0.1, 0.15) is 5.56 Å². The van der Waals surface area contributed by atoms with E-state index in [0.29, 0.717) is 5.69 Å². The van der Waals surface area contributed by atoms with Crippen molar-refractivity contribution >= 4 is 15.7 Å². The highest BCUT2D eigenvalue weighted by molar-refractivity contribution is 7.89. The predicted octanol–water partition coefficient (Wildman–Crippen LogP) is 1.46. The summed E-state index contributed by atoms with van der Waals surface area (Å²) in [5, 5.41) is 0. The van der Waals surface area contributed by atoms with E-state index < -0.39 is 10.0 Å². The highest BCUT2D eigenvalue weighted by Crippen LogP contribution is 2.15. The molecule has 112 valence electrons. The molecule has 0 amide bonds. The molecule has 0 bridgehead atoms. The van der Waals surface area contributed by atoms with Crippen LogP contribution in [0.4, 0.5) is 5.69 Å². The number of sulfonamides is 1. The Bertz CT molecular complexity index is 682. The van der Waals surface area contributed by atoms with Gasteiger partial charge in [-0.2, -0.15) is 0 Å². The van der Waals surface area contributed by atoms with Gasteiger partial charge in [0.25, 0.3) is 0 Å². The summed E-state index contributed by atoms with van der Waals surface area (Å²) in [6.07, 6.45) is 0. The third kappa shape index (κ3) is 3.94. The second-order valence-electron chi connectivity index (χ2n) is 4.34. The number of hydrogen-bond donors (Lipinski definition) is 3. The Morgan fingerprint density at radius 1 is 1.05 bits per heavy atom. The van der Waals surface area contributed by atoms with Crippen molar-refractivity contribution in [3.63, 3.8) is 0 Å². The zero-order valence-corrected chi connectivity index (χ0v) is 12.4. The van der Waals surface area contributed by atoms with E-state index in [2.05, 4.69) is 10.1 Å². The maximum Gasteiger partial charge on any atom is 0.240 e. The minimum absolute atomic E-state index is 0.190. The number of rotatable bonds is 6. The smallest absolute Gasteiger partial charge is 0.240 e. The van der Waals surface area contributed by atoms with Crippen LogP contribution in [0.15, 0.2) is 53.4 Å². The number of hydrogen-bond acceptors (Lipinski definition) is 5. The van der Waals surface area contributed by atoms with Gasteiger partial charge in [-0.05, 0) is 42.0 Å². The number of anilines is 1. The van der Waals surface area contributed by atoms with Gasteiger partial charge >= 0.3 is 0 Å². The van der Waals surface area contributed by atoms with E-state index >= 15 is 0 Å². The van der Waals surface area contributed by atoms with Crippen LogP contribution in [-0.4, -0.2) is 15.5 Å². The van der Waals surface area contributed by atoms with Crippen LogP contribution in [0.2, 0.25) is 0 Å². The van der Waals surface area contributed by atoms with Crippen molar-refractivity contribution in [2.24, 2.45) is 5.84 Å². The summed E-state index contributed by atoms with van der Waals surface area (Å²) in [6.45, 7) is 0.212. The highest BCUT2D eigenvalue weighted by Gasteiger charge is 2.13. The average molecular weight is 307 g/mol. The molecule has 0 unspecified atom stereocenters. The van der Waals surface area contributed by atoms with Crippen LogP contribution < -0.4 is 20.7 Å². The van der Waals surface area contributed by atoms with E-state index in [-0.39, 0.29) is 11.4 Å². The third-order valence-corrected chi connectivity index (χ3v) is 4.37. The molecular formula is C14H17N3O3S. The summed E-state index contributed by atoms with van der Waals surface area (Å²) in [4.78, 5) is 0.190. The molecule has 0 aliphatic heterocycles. The van der Waals surface area contributed by atoms with Crippen LogP contribution in [0, 0.1) is 0 Å². The minimum Gasteiger partial charge on any atom is -0.497 e. The van der Waals surface area contributed by atoms with Gasteiger partial charge in [0, 0.05) is 12.2 Å². The predicted molar refractivity (Wildman–Crippen MR) is 81.3 cm³/mol. The minimum atomic E-state index is -3.55. The second-order valence-corrected chi connectivity index (χ2v) is 6.11. The van der Waals surface area contributed by atoms with E-state index in [1.54, 1.807) is 31.4 Å². The summed E-state index contributed by atoms with van der Waals surface area (Å²) in [7, 11) is -1.97. The topological polar surface area (TPSA) is 93.4 Å². The molecule has 0 heterocycles. The van der Waals surface area contributed by atoms with E-state index in [9.17, 15) is 8.42 Å². The monoisotopic (exact) mass is 307 g/mol. The quantitative estimate of drug-likeness (QED) is 0.555. The van der Waals surface area contributed by atoms with Crippen LogP contribution in [0.25, 0.3) is 0 Å². The maximum absolute atomic E-state index is 12.1. The number of nitrogen functional groups attached to an aromatic ring is 1. The number of hydrazine groups is 1. The Kier molecular flexibility index (Phi) is 4.79. The summed E-state index contributed by atoms with van der Waals surface area (Å²) in [5.74, 6) is 5.97. The van der Waals surface area contributed by atoms with Crippen molar-refractivity contribution in [2.75, 3.05) is 12.5 Å². The van der Waals surface area contributed by atoms with Crippen LogP contribution in [0.3, 0.4) is 0 Å². The van der Waals surface area contributed by atoms with Crippen molar-refractivity contribution in [1.82, 2.24) is 4.72 Å². The van der Waals surface area contributed by atoms with Gasteiger partial charge in [-0.15, -0.1) is 0 Å². The summed E-state index contributed by atoms with van der Waals surface area (Å²) >= 11 is 0. The lowest BCUT2D eigenvalue weighted by Gasteiger charge is -2.08. The molecule has 0 aliphatic carbocycles. The molecule has 0 saturated heterocycles. The fourth-order valence-electron chi connectivity index (χ4n) is 1.74. The SMILES string of the molecule is COc1ccc(CNS(=O)(=O)c2ccc(NN)cc2)cc1. The van der Waals surface area contributed by atoms with Gasteiger partial charge in [0.1, 0.15) is 5.75 Å². The zero-order valence-electron chi connectivity index (χ0n) is 11.5. The fraction of sp³-hybridized carbons (Fsp3) is 0.143. The lowest BCUT2D eigenvalue weighted by atomic mass is 10.2. The summed E-state index contributed by atoms with van der Waals surface area (Å²) in [6, 6.07) is 13.4. The Labute approximate surface area is 124 Å². The Hall–Kier alpha value is -2.09. The van der Waals surface area contributed by atoms with Crippen LogP contribution in [-0.2, 0) is 16.6 Å². The zero-order chi connectivity index (χ0) is 15.3. The van der Waals surface area contributed by atoms with Gasteiger partial charge in [-0.25, -0.2) is 13.1 Å². The first kappa shape index (κ1) is 15.3. The van der Waals surface area contributed by atoms with E-state index in [1.807, 2.05) is 12.1 Å². The fourth-order valence-corrected chi connectivity index (χ4v) is 2.75. The van der Waals surface area contributed by atoms with E-state index in [0.717, 1.165) is 11.3 Å². The van der Waals surface area contributed by atoms with Crippen molar-refractivity contribution in [1.29, 1.82) is 0 Å². The van der Waals surface area contributed by atoms with Gasteiger partial charge in [-0.1, -0.05) is 12.1 Å². The summed E-state index contributed by atoms with van der Waals surface area (Å²) in [5.41, 5.74) is 3.94. The van der Waals surface area contributed by atoms with Gasteiger partial charge in [0.15, 0.2) is 0 Å². The van der Waals surface area contributed by atoms with Crippen molar-refractivity contribution in [3.05, 3.63) is 54.1 Å². The number of benzene rings is 2. The standard InChI is InChI=1S/C14H17N3O3S/c1-20-13-6-2-11(3-7-13)10-16-21(18,19)14-8-4-12(17-15)5-9-14/h2-9,16-17H,10,15H2,1H3. The largest absolute Gasteiger partial charge is 0.497 e. The average Bonchev–Trinajstić information content (AvgIpc) is 2.53. The number of ether oxygens (including phenoxy) is 1. The lowest BCUT2D eigenvalue weighted by Crippen LogP contribution is -2.23. The first-order chi connectivity index (χ1) is 10.0. The van der Waals surface area contributed by atoms with Gasteiger partial charge in [0.05, 0.1) is 12.0 Å². The molecule has 21 heavy (non-hydrogen) atoms. The molecule has 0 fully saturated rings. The first-order valence-electron chi connectivity index (χ1n) is 6.24. The number of nitrogens with two attached hydrogens (primary N) is 1. The molecule has 2 rings (SSSR count). The molecule has 6 nitrogen and oxygen atoms in total. The van der Waals surface area contributed by atoms with E-state index in [4.69, 9.17) is 10.6 Å². The molecule has 0 radical (unpaired) electrons. The molecule has 0 atom stereocenters. The lowest BCUT2D eigenvalue weighted by molar-refractivity contribution is 0.414. The Morgan fingerprint density at radius 3 is 2.19 bits per heavy atom. The van der Waals surface area contributed by atoms with Gasteiger partial charge in [0.2, 0.25) is 10.0 Å². The molecule has 4 N–H and O–H groups in total. The Morgan fingerprint density at radius 2 is 1.67 bits per heavy atom. The molecule has 0 aromatic heterocycles. The molecule has 7 heteroatoms. The molecule has 2 aromatic carbocycles. The van der Waals surface area contributed by atoms with Crippen molar-refractivity contribution < 1.29 is 13.2 Å². The van der Waals surface area contributed by atoms with Crippen molar-refractivity contribution in [2.45, 2.75) is 11.4 Å². The third-order valence-electron chi connectivity index (χ3n) is 2.96. The molecule has 2 aromatic rings. The number of methoxy groups -OCH3 is 1. The van der Waals surface area contributed by atoms with Crippen molar-refractivity contribution in [3.8, 4) is 5.75 Å². The molecule has 0 spiro atoms. The van der Waals surface area contributed by atoms with Gasteiger partial charge < -0.3 is 10.2 Å².